The number of hydrogen-bond donors (Lipinski definition) is 4. The van der Waals surface area contributed by atoms with E-state index in [2.05, 4.69) is 0 Å². The highest BCUT2D eigenvalue weighted by Gasteiger charge is 2.43. The number of fused-ring (bicyclic) bond motifs is 1. The minimum Gasteiger partial charge on any atom is -0.508 e. The number of ether oxygens (including phenoxy) is 2. The van der Waals surface area contributed by atoms with Gasteiger partial charge in [-0.1, -0.05) is 12.1 Å². The number of rotatable bonds is 2. The summed E-state index contributed by atoms with van der Waals surface area (Å²) in [5, 5.41) is 39.9. The standard InChI is InChI=1S/C16H16O6/c1-21-11-4-2-9(3-5-11)15-16(19,20)8-12-13(18)6-10(17)7-14(12)22-15/h2-7,15,17-20H,8H2,1H3. The van der Waals surface area contributed by atoms with Gasteiger partial charge in [0.15, 0.2) is 6.10 Å². The number of methoxy groups -OCH3 is 1. The van der Waals surface area contributed by atoms with Crippen molar-refractivity contribution in [2.24, 2.45) is 0 Å². The molecule has 0 saturated carbocycles. The van der Waals surface area contributed by atoms with Gasteiger partial charge in [0.2, 0.25) is 5.79 Å². The van der Waals surface area contributed by atoms with Crippen molar-refractivity contribution in [3.8, 4) is 23.0 Å². The summed E-state index contributed by atoms with van der Waals surface area (Å²) >= 11 is 0. The number of hydrogen-bond acceptors (Lipinski definition) is 6. The summed E-state index contributed by atoms with van der Waals surface area (Å²) in [5.74, 6) is -1.73. The number of benzene rings is 2. The first-order chi connectivity index (χ1) is 10.4. The Hall–Kier alpha value is -2.44. The third kappa shape index (κ3) is 2.43. The maximum Gasteiger partial charge on any atom is 0.209 e. The van der Waals surface area contributed by atoms with E-state index in [4.69, 9.17) is 9.47 Å². The summed E-state index contributed by atoms with van der Waals surface area (Å²) in [5.41, 5.74) is 0.784. The average Bonchev–Trinajstić information content (AvgIpc) is 2.47. The molecule has 116 valence electrons. The molecule has 0 aromatic heterocycles. The van der Waals surface area contributed by atoms with E-state index in [1.165, 1.54) is 13.2 Å². The second kappa shape index (κ2) is 5.08. The lowest BCUT2D eigenvalue weighted by Crippen LogP contribution is -2.44. The largest absolute Gasteiger partial charge is 0.508 e. The monoisotopic (exact) mass is 304 g/mol. The van der Waals surface area contributed by atoms with Gasteiger partial charge >= 0.3 is 0 Å². The first-order valence-electron chi connectivity index (χ1n) is 6.71. The molecular weight excluding hydrogens is 288 g/mol. The fourth-order valence-electron chi connectivity index (χ4n) is 2.59. The molecule has 3 rings (SSSR count). The Kier molecular flexibility index (Phi) is 3.35. The van der Waals surface area contributed by atoms with Gasteiger partial charge in [0.25, 0.3) is 0 Å². The molecule has 1 heterocycles. The zero-order valence-corrected chi connectivity index (χ0v) is 11.9. The van der Waals surface area contributed by atoms with Gasteiger partial charge < -0.3 is 29.9 Å². The number of aromatic hydroxyl groups is 2. The molecule has 0 spiro atoms. The molecule has 0 amide bonds. The molecule has 0 saturated heterocycles. The van der Waals surface area contributed by atoms with Crippen molar-refractivity contribution in [2.75, 3.05) is 7.11 Å². The van der Waals surface area contributed by atoms with Crippen molar-refractivity contribution >= 4 is 0 Å². The van der Waals surface area contributed by atoms with Crippen molar-refractivity contribution in [2.45, 2.75) is 18.3 Å². The molecule has 2 aromatic rings. The maximum absolute atomic E-state index is 10.3. The minimum atomic E-state index is -2.18. The van der Waals surface area contributed by atoms with E-state index in [1.54, 1.807) is 24.3 Å². The van der Waals surface area contributed by atoms with Crippen LogP contribution >= 0.6 is 0 Å². The molecule has 22 heavy (non-hydrogen) atoms. The molecule has 1 unspecified atom stereocenters. The van der Waals surface area contributed by atoms with Crippen molar-refractivity contribution in [1.82, 2.24) is 0 Å². The van der Waals surface area contributed by atoms with E-state index < -0.39 is 11.9 Å². The van der Waals surface area contributed by atoms with Gasteiger partial charge in [0, 0.05) is 24.1 Å². The third-order valence-corrected chi connectivity index (χ3v) is 3.69. The van der Waals surface area contributed by atoms with E-state index in [9.17, 15) is 20.4 Å². The fourth-order valence-corrected chi connectivity index (χ4v) is 2.59. The van der Waals surface area contributed by atoms with Crippen molar-refractivity contribution < 1.29 is 29.9 Å². The van der Waals surface area contributed by atoms with Crippen LogP contribution < -0.4 is 9.47 Å². The van der Waals surface area contributed by atoms with Gasteiger partial charge in [-0.05, 0) is 17.7 Å². The SMILES string of the molecule is COc1ccc(C2Oc3cc(O)cc(O)c3CC2(O)O)cc1. The lowest BCUT2D eigenvalue weighted by Gasteiger charge is -2.37. The van der Waals surface area contributed by atoms with Gasteiger partial charge in [0.05, 0.1) is 7.11 Å². The Bertz CT molecular complexity index is 693. The predicted octanol–water partition coefficient (Wildman–Crippen LogP) is 1.46. The lowest BCUT2D eigenvalue weighted by atomic mass is 9.91. The van der Waals surface area contributed by atoms with Gasteiger partial charge in [-0.2, -0.15) is 0 Å². The van der Waals surface area contributed by atoms with Gasteiger partial charge in [-0.25, -0.2) is 0 Å². The molecule has 1 atom stereocenters. The Morgan fingerprint density at radius 2 is 1.82 bits per heavy atom. The fraction of sp³-hybridized carbons (Fsp3) is 0.250. The van der Waals surface area contributed by atoms with Gasteiger partial charge in [0.1, 0.15) is 23.0 Å². The molecule has 2 aromatic carbocycles. The van der Waals surface area contributed by atoms with E-state index >= 15 is 0 Å². The smallest absolute Gasteiger partial charge is 0.209 e. The van der Waals surface area contributed by atoms with Crippen molar-refractivity contribution in [3.63, 3.8) is 0 Å². The van der Waals surface area contributed by atoms with Crippen LogP contribution in [0.15, 0.2) is 36.4 Å². The Balaban J connectivity index is 2.01. The second-order valence-corrected chi connectivity index (χ2v) is 5.27. The highest BCUT2D eigenvalue weighted by molar-refractivity contribution is 5.52. The van der Waals surface area contributed by atoms with Crippen LogP contribution in [0, 0.1) is 0 Å². The highest BCUT2D eigenvalue weighted by atomic mass is 16.6. The van der Waals surface area contributed by atoms with E-state index in [0.29, 0.717) is 11.3 Å². The Morgan fingerprint density at radius 3 is 2.45 bits per heavy atom. The number of aliphatic hydroxyl groups is 2. The molecule has 0 radical (unpaired) electrons. The zero-order chi connectivity index (χ0) is 15.9. The quantitative estimate of drug-likeness (QED) is 0.627. The van der Waals surface area contributed by atoms with Crippen LogP contribution in [0.3, 0.4) is 0 Å². The molecule has 1 aliphatic heterocycles. The Labute approximate surface area is 126 Å². The van der Waals surface area contributed by atoms with Crippen LogP contribution in [0.4, 0.5) is 0 Å². The molecule has 1 aliphatic rings. The van der Waals surface area contributed by atoms with Crippen molar-refractivity contribution in [3.05, 3.63) is 47.5 Å². The van der Waals surface area contributed by atoms with Crippen LogP contribution in [-0.4, -0.2) is 33.3 Å². The minimum absolute atomic E-state index is 0.159. The first kappa shape index (κ1) is 14.5. The van der Waals surface area contributed by atoms with Crippen LogP contribution in [0.5, 0.6) is 23.0 Å². The van der Waals surface area contributed by atoms with Crippen LogP contribution in [-0.2, 0) is 6.42 Å². The van der Waals surface area contributed by atoms with Gasteiger partial charge in [-0.3, -0.25) is 0 Å². The molecule has 0 bridgehead atoms. The molecule has 0 fully saturated rings. The number of phenols is 2. The molecular formula is C16H16O6. The second-order valence-electron chi connectivity index (χ2n) is 5.27. The van der Waals surface area contributed by atoms with E-state index in [1.807, 2.05) is 0 Å². The summed E-state index contributed by atoms with van der Waals surface area (Å²) in [4.78, 5) is 0. The van der Waals surface area contributed by atoms with Crippen molar-refractivity contribution in [1.29, 1.82) is 0 Å². The summed E-state index contributed by atoms with van der Waals surface area (Å²) in [6.45, 7) is 0. The maximum atomic E-state index is 10.3. The van der Waals surface area contributed by atoms with E-state index in [-0.39, 0.29) is 29.2 Å². The van der Waals surface area contributed by atoms with Crippen LogP contribution in [0.2, 0.25) is 0 Å². The van der Waals surface area contributed by atoms with Crippen LogP contribution in [0.1, 0.15) is 17.2 Å². The number of phenolic OH excluding ortho intramolecular Hbond substituents is 2. The molecule has 4 N–H and O–H groups in total. The molecule has 6 nitrogen and oxygen atoms in total. The van der Waals surface area contributed by atoms with Gasteiger partial charge in [-0.15, -0.1) is 0 Å². The zero-order valence-electron chi connectivity index (χ0n) is 11.9. The Morgan fingerprint density at radius 1 is 1.14 bits per heavy atom. The molecule has 0 aliphatic carbocycles. The summed E-state index contributed by atoms with van der Waals surface area (Å²) in [6.07, 6.45) is -1.27. The predicted molar refractivity (Wildman–Crippen MR) is 77.0 cm³/mol. The highest BCUT2D eigenvalue weighted by Crippen LogP contribution is 2.45. The third-order valence-electron chi connectivity index (χ3n) is 3.69. The molecule has 6 heteroatoms. The lowest BCUT2D eigenvalue weighted by molar-refractivity contribution is -0.226. The van der Waals surface area contributed by atoms with E-state index in [0.717, 1.165) is 6.07 Å². The normalized spacial score (nSPS) is 19.1. The topological polar surface area (TPSA) is 99.4 Å². The average molecular weight is 304 g/mol. The summed E-state index contributed by atoms with van der Waals surface area (Å²) < 4.78 is 10.7. The summed E-state index contributed by atoms with van der Waals surface area (Å²) in [7, 11) is 1.54. The van der Waals surface area contributed by atoms with Crippen LogP contribution in [0.25, 0.3) is 0 Å². The first-order valence-corrected chi connectivity index (χ1v) is 6.71. The summed E-state index contributed by atoms with van der Waals surface area (Å²) in [6, 6.07) is 9.16.